The first-order valence-electron chi connectivity index (χ1n) is 3.79. The molecule has 0 aliphatic rings. The van der Waals surface area contributed by atoms with Crippen molar-refractivity contribution in [3.63, 3.8) is 0 Å². The molecule has 0 radical (unpaired) electrons. The zero-order valence-electron chi connectivity index (χ0n) is 6.97. The molecular formula is C8H12BrNO2. The Morgan fingerprint density at radius 1 is 1.58 bits per heavy atom. The molecule has 0 aromatic carbocycles. The van der Waals surface area contributed by atoms with Crippen molar-refractivity contribution in [1.82, 2.24) is 5.32 Å². The minimum atomic E-state index is 0.535. The molecule has 12 heavy (non-hydrogen) atoms. The third-order valence-corrected chi connectivity index (χ3v) is 1.80. The zero-order valence-corrected chi connectivity index (χ0v) is 8.56. The number of likely N-dealkylation sites (N-methyl/N-ethyl adjacent to an activating group) is 1. The summed E-state index contributed by atoms with van der Waals surface area (Å²) in [5.74, 6) is 0.845. The van der Waals surface area contributed by atoms with E-state index in [9.17, 15) is 0 Å². The van der Waals surface area contributed by atoms with E-state index in [-0.39, 0.29) is 0 Å². The first-order valence-corrected chi connectivity index (χ1v) is 4.59. The first-order chi connectivity index (χ1) is 5.83. The number of hydrogen-bond acceptors (Lipinski definition) is 3. The van der Waals surface area contributed by atoms with Gasteiger partial charge in [-0.05, 0) is 35.1 Å². The highest BCUT2D eigenvalue weighted by Gasteiger charge is 1.97. The molecule has 1 heterocycles. The molecular weight excluding hydrogens is 222 g/mol. The zero-order chi connectivity index (χ0) is 8.81. The second-order valence-electron chi connectivity index (χ2n) is 2.36. The van der Waals surface area contributed by atoms with Crippen molar-refractivity contribution in [2.24, 2.45) is 0 Å². The maximum absolute atomic E-state index is 5.30. The fraction of sp³-hybridized carbons (Fsp3) is 0.500. The maximum atomic E-state index is 5.30. The topological polar surface area (TPSA) is 34.4 Å². The Bertz CT molecular complexity index is 225. The van der Waals surface area contributed by atoms with E-state index in [0.29, 0.717) is 13.2 Å². The minimum Gasteiger partial charge on any atom is -0.452 e. The van der Waals surface area contributed by atoms with Gasteiger partial charge in [-0.3, -0.25) is 0 Å². The molecule has 0 amide bonds. The Labute approximate surface area is 80.2 Å². The molecule has 3 nitrogen and oxygen atoms in total. The van der Waals surface area contributed by atoms with Gasteiger partial charge in [-0.15, -0.1) is 0 Å². The molecule has 1 aromatic heterocycles. The van der Waals surface area contributed by atoms with Gasteiger partial charge >= 0.3 is 0 Å². The van der Waals surface area contributed by atoms with Gasteiger partial charge in [0.15, 0.2) is 4.67 Å². The van der Waals surface area contributed by atoms with Crippen LogP contribution >= 0.6 is 15.9 Å². The lowest BCUT2D eigenvalue weighted by molar-refractivity contribution is 0.108. The van der Waals surface area contributed by atoms with Gasteiger partial charge in [-0.1, -0.05) is 0 Å². The van der Waals surface area contributed by atoms with E-state index < -0.39 is 0 Å². The Morgan fingerprint density at radius 2 is 2.42 bits per heavy atom. The SMILES string of the molecule is CNCCOCc1ccc(Br)o1. The van der Waals surface area contributed by atoms with E-state index in [1.165, 1.54) is 0 Å². The lowest BCUT2D eigenvalue weighted by atomic mass is 10.5. The molecule has 0 fully saturated rings. The summed E-state index contributed by atoms with van der Waals surface area (Å²) < 4.78 is 11.3. The smallest absolute Gasteiger partial charge is 0.169 e. The number of ether oxygens (including phenoxy) is 1. The average Bonchev–Trinajstić information content (AvgIpc) is 2.45. The molecule has 0 aliphatic heterocycles. The van der Waals surface area contributed by atoms with Gasteiger partial charge in [0, 0.05) is 6.54 Å². The predicted molar refractivity (Wildman–Crippen MR) is 50.0 cm³/mol. The Kier molecular flexibility index (Phi) is 4.35. The van der Waals surface area contributed by atoms with Crippen LogP contribution in [0.5, 0.6) is 0 Å². The van der Waals surface area contributed by atoms with Gasteiger partial charge in [0.2, 0.25) is 0 Å². The van der Waals surface area contributed by atoms with Gasteiger partial charge < -0.3 is 14.5 Å². The normalized spacial score (nSPS) is 10.5. The van der Waals surface area contributed by atoms with Crippen molar-refractivity contribution < 1.29 is 9.15 Å². The van der Waals surface area contributed by atoms with Gasteiger partial charge in [-0.25, -0.2) is 0 Å². The van der Waals surface area contributed by atoms with E-state index in [2.05, 4.69) is 21.2 Å². The third-order valence-electron chi connectivity index (χ3n) is 1.37. The van der Waals surface area contributed by atoms with Crippen LogP contribution in [0.4, 0.5) is 0 Å². The summed E-state index contributed by atoms with van der Waals surface area (Å²) in [4.78, 5) is 0. The van der Waals surface area contributed by atoms with Crippen molar-refractivity contribution in [3.05, 3.63) is 22.6 Å². The van der Waals surface area contributed by atoms with Crippen molar-refractivity contribution in [3.8, 4) is 0 Å². The van der Waals surface area contributed by atoms with Crippen LogP contribution in [-0.2, 0) is 11.3 Å². The Morgan fingerprint density at radius 3 is 3.00 bits per heavy atom. The van der Waals surface area contributed by atoms with Crippen LogP contribution in [0.3, 0.4) is 0 Å². The summed E-state index contributed by atoms with van der Waals surface area (Å²) in [5.41, 5.74) is 0. The van der Waals surface area contributed by atoms with Crippen LogP contribution in [0.2, 0.25) is 0 Å². The predicted octanol–water partition coefficient (Wildman–Crippen LogP) is 1.78. The summed E-state index contributed by atoms with van der Waals surface area (Å²) in [6, 6.07) is 3.75. The van der Waals surface area contributed by atoms with Crippen molar-refractivity contribution in [2.75, 3.05) is 20.2 Å². The van der Waals surface area contributed by atoms with Crippen LogP contribution in [0.1, 0.15) is 5.76 Å². The second kappa shape index (κ2) is 5.35. The number of furan rings is 1. The van der Waals surface area contributed by atoms with Gasteiger partial charge in [0.1, 0.15) is 12.4 Å². The van der Waals surface area contributed by atoms with Crippen LogP contribution in [-0.4, -0.2) is 20.2 Å². The molecule has 0 saturated heterocycles. The van der Waals surface area contributed by atoms with Gasteiger partial charge in [-0.2, -0.15) is 0 Å². The monoisotopic (exact) mass is 233 g/mol. The van der Waals surface area contributed by atoms with Gasteiger partial charge in [0.05, 0.1) is 6.61 Å². The van der Waals surface area contributed by atoms with Crippen molar-refractivity contribution in [2.45, 2.75) is 6.61 Å². The highest BCUT2D eigenvalue weighted by atomic mass is 79.9. The summed E-state index contributed by atoms with van der Waals surface area (Å²) in [6.07, 6.45) is 0. The van der Waals surface area contributed by atoms with Crippen molar-refractivity contribution in [1.29, 1.82) is 0 Å². The summed E-state index contributed by atoms with van der Waals surface area (Å²) in [5, 5.41) is 2.99. The lowest BCUT2D eigenvalue weighted by Gasteiger charge is -2.00. The highest BCUT2D eigenvalue weighted by molar-refractivity contribution is 9.10. The fourth-order valence-corrected chi connectivity index (χ4v) is 1.12. The second-order valence-corrected chi connectivity index (χ2v) is 3.14. The summed E-state index contributed by atoms with van der Waals surface area (Å²) >= 11 is 3.22. The van der Waals surface area contributed by atoms with Crippen molar-refractivity contribution >= 4 is 15.9 Å². The molecule has 0 saturated carbocycles. The third kappa shape index (κ3) is 3.38. The van der Waals surface area contributed by atoms with Crippen LogP contribution in [0, 0.1) is 0 Å². The summed E-state index contributed by atoms with van der Waals surface area (Å²) in [6.45, 7) is 2.10. The molecule has 0 spiro atoms. The molecule has 0 unspecified atom stereocenters. The van der Waals surface area contributed by atoms with E-state index in [0.717, 1.165) is 17.0 Å². The van der Waals surface area contributed by atoms with E-state index in [4.69, 9.17) is 9.15 Å². The number of nitrogens with one attached hydrogen (secondary N) is 1. The number of halogens is 1. The molecule has 1 aromatic rings. The molecule has 4 heteroatoms. The maximum Gasteiger partial charge on any atom is 0.169 e. The van der Waals surface area contributed by atoms with Crippen LogP contribution in [0.25, 0.3) is 0 Å². The van der Waals surface area contributed by atoms with Crippen LogP contribution < -0.4 is 5.32 Å². The standard InChI is InChI=1S/C8H12BrNO2/c1-10-4-5-11-6-7-2-3-8(9)12-7/h2-3,10H,4-6H2,1H3. The Hall–Kier alpha value is -0.320. The van der Waals surface area contributed by atoms with Crippen LogP contribution in [0.15, 0.2) is 21.2 Å². The molecule has 0 aliphatic carbocycles. The molecule has 0 bridgehead atoms. The van der Waals surface area contributed by atoms with E-state index in [1.54, 1.807) is 0 Å². The molecule has 1 rings (SSSR count). The molecule has 1 N–H and O–H groups in total. The van der Waals surface area contributed by atoms with Gasteiger partial charge in [0.25, 0.3) is 0 Å². The van der Waals surface area contributed by atoms with E-state index >= 15 is 0 Å². The average molecular weight is 234 g/mol. The highest BCUT2D eigenvalue weighted by Crippen LogP contribution is 2.14. The molecule has 0 atom stereocenters. The molecule has 68 valence electrons. The minimum absolute atomic E-state index is 0.535. The lowest BCUT2D eigenvalue weighted by Crippen LogP contribution is -2.13. The number of rotatable bonds is 5. The summed E-state index contributed by atoms with van der Waals surface area (Å²) in [7, 11) is 1.90. The Balaban J connectivity index is 2.15. The van der Waals surface area contributed by atoms with E-state index in [1.807, 2.05) is 19.2 Å². The quantitative estimate of drug-likeness (QED) is 0.788. The number of hydrogen-bond donors (Lipinski definition) is 1. The fourth-order valence-electron chi connectivity index (χ4n) is 0.776. The largest absolute Gasteiger partial charge is 0.452 e. The first kappa shape index (κ1) is 9.77.